The number of nitrogen functional groups attached to an aromatic ring is 2. The van der Waals surface area contributed by atoms with Crippen molar-refractivity contribution in [3.8, 4) is 11.1 Å². The van der Waals surface area contributed by atoms with Crippen molar-refractivity contribution in [1.29, 1.82) is 0 Å². The van der Waals surface area contributed by atoms with E-state index in [2.05, 4.69) is 10.6 Å². The van der Waals surface area contributed by atoms with Crippen LogP contribution in [0, 0.1) is 25.7 Å². The molecule has 6 aromatic rings. The van der Waals surface area contributed by atoms with E-state index in [-0.39, 0.29) is 23.4 Å². The number of aryl methyl sites for hydroxylation is 2. The lowest BCUT2D eigenvalue weighted by Crippen LogP contribution is -2.19. The predicted molar refractivity (Wildman–Crippen MR) is 240 cm³/mol. The van der Waals surface area contributed by atoms with Gasteiger partial charge in [-0.15, -0.1) is 0 Å². The van der Waals surface area contributed by atoms with E-state index in [0.717, 1.165) is 66.3 Å². The Morgan fingerprint density at radius 2 is 0.862 bits per heavy atom. The zero-order valence-electron chi connectivity index (χ0n) is 33.4. The molecule has 8 rings (SSSR count). The average Bonchev–Trinajstić information content (AvgIpc) is 3.18. The van der Waals surface area contributed by atoms with E-state index in [1.165, 1.54) is 0 Å². The van der Waals surface area contributed by atoms with Crippen LogP contribution in [0.5, 0.6) is 0 Å². The van der Waals surface area contributed by atoms with Gasteiger partial charge in [-0.3, -0.25) is 9.59 Å². The first-order valence-electron chi connectivity index (χ1n) is 19.5. The molecule has 0 atom stereocenters. The lowest BCUT2D eigenvalue weighted by atomic mass is 9.76. The largest absolute Gasteiger partial charge is 0.504 e. The number of Topliss-reactive ketones (excluding diaryl/α,β-unsaturated/α-hetero) is 2. The highest BCUT2D eigenvalue weighted by Gasteiger charge is 2.34. The van der Waals surface area contributed by atoms with Gasteiger partial charge in [0.2, 0.25) is 11.6 Å². The molecule has 2 aliphatic rings. The van der Waals surface area contributed by atoms with Gasteiger partial charge in [0.1, 0.15) is 0 Å². The Hall–Kier alpha value is -7.06. The van der Waals surface area contributed by atoms with Crippen LogP contribution >= 0.6 is 0 Å². The number of aliphatic hydroxyl groups excluding tert-OH is 2. The van der Waals surface area contributed by atoms with Gasteiger partial charge in [0.05, 0.1) is 0 Å². The van der Waals surface area contributed by atoms with E-state index in [9.17, 15) is 19.8 Å². The molecule has 0 saturated heterocycles. The first kappa shape index (κ1) is 37.8. The van der Waals surface area contributed by atoms with Crippen LogP contribution in [0.3, 0.4) is 0 Å². The zero-order valence-corrected chi connectivity index (χ0v) is 33.4. The lowest BCUT2D eigenvalue weighted by molar-refractivity contribution is -0.113. The molecule has 0 bridgehead atoms. The van der Waals surface area contributed by atoms with E-state index in [1.807, 2.05) is 139 Å². The van der Waals surface area contributed by atoms with Gasteiger partial charge in [0.15, 0.2) is 11.5 Å². The first-order valence-corrected chi connectivity index (χ1v) is 19.5. The Bertz CT molecular complexity index is 2700. The molecule has 8 N–H and O–H groups in total. The summed E-state index contributed by atoms with van der Waals surface area (Å²) in [5.74, 6) is -1.74. The number of benzene rings is 6. The first-order chi connectivity index (χ1) is 27.8. The summed E-state index contributed by atoms with van der Waals surface area (Å²) < 4.78 is 0. The number of ketones is 2. The average molecular weight is 767 g/mol. The third-order valence-corrected chi connectivity index (χ3v) is 11.4. The maximum Gasteiger partial charge on any atom is 0.229 e. The summed E-state index contributed by atoms with van der Waals surface area (Å²) >= 11 is 0. The molecule has 0 spiro atoms. The molecule has 0 heterocycles. The topological polar surface area (TPSA) is 151 Å². The van der Waals surface area contributed by atoms with Crippen LogP contribution in [0.1, 0.15) is 61.1 Å². The third-order valence-electron chi connectivity index (χ3n) is 11.4. The number of hydrogen-bond acceptors (Lipinski definition) is 8. The van der Waals surface area contributed by atoms with Gasteiger partial charge in [-0.25, -0.2) is 0 Å². The van der Waals surface area contributed by atoms with E-state index in [0.29, 0.717) is 44.8 Å². The van der Waals surface area contributed by atoms with E-state index in [4.69, 9.17) is 11.5 Å². The Morgan fingerprint density at radius 1 is 0.500 bits per heavy atom. The molecule has 0 amide bonds. The fourth-order valence-corrected chi connectivity index (χ4v) is 8.56. The predicted octanol–water partition coefficient (Wildman–Crippen LogP) is 11.4. The van der Waals surface area contributed by atoms with Crippen LogP contribution in [0.15, 0.2) is 121 Å². The minimum atomic E-state index is -0.473. The van der Waals surface area contributed by atoms with Crippen LogP contribution in [0.4, 0.5) is 22.7 Å². The number of nitrogens with one attached hydrogen (secondary N) is 2. The summed E-state index contributed by atoms with van der Waals surface area (Å²) in [5, 5.41) is 33.1. The van der Waals surface area contributed by atoms with Gasteiger partial charge in [0, 0.05) is 79.0 Å². The number of hydrogen-bond donors (Lipinski definition) is 6. The van der Waals surface area contributed by atoms with Crippen molar-refractivity contribution in [3.63, 3.8) is 0 Å². The third kappa shape index (κ3) is 6.18. The van der Waals surface area contributed by atoms with Crippen molar-refractivity contribution in [2.75, 3.05) is 22.1 Å². The molecular formula is C50H46N4O4. The lowest BCUT2D eigenvalue weighted by Gasteiger charge is -2.28. The highest BCUT2D eigenvalue weighted by atomic mass is 16.3. The second-order valence-corrected chi connectivity index (χ2v) is 15.8. The summed E-state index contributed by atoms with van der Waals surface area (Å²) in [6.07, 6.45) is 3.33. The molecule has 58 heavy (non-hydrogen) atoms. The Morgan fingerprint density at radius 3 is 1.24 bits per heavy atom. The number of allylic oxidation sites excluding steroid dienone is 4. The molecule has 8 nitrogen and oxygen atoms in total. The van der Waals surface area contributed by atoms with Crippen molar-refractivity contribution in [2.24, 2.45) is 11.8 Å². The fourth-order valence-electron chi connectivity index (χ4n) is 8.56. The molecule has 2 aliphatic carbocycles. The molecule has 0 unspecified atom stereocenters. The molecule has 0 radical (unpaired) electrons. The van der Waals surface area contributed by atoms with Crippen LogP contribution in [-0.2, 0) is 9.59 Å². The Labute approximate surface area is 337 Å². The van der Waals surface area contributed by atoms with E-state index >= 15 is 0 Å². The normalized spacial score (nSPS) is 15.7. The SMILES string of the molecule is Cc1cc2c(cc1-c1cc3c(cc1C)C(C(C)C)=C(O)C(=O)C3=CNc1cccc3c(N)cccc13)C(=CNc1cccc3c(N)cccc13)C(=O)C(O)=C2C(C)C. The van der Waals surface area contributed by atoms with Gasteiger partial charge in [-0.05, 0) is 107 Å². The van der Waals surface area contributed by atoms with Gasteiger partial charge in [0.25, 0.3) is 0 Å². The van der Waals surface area contributed by atoms with Crippen molar-refractivity contribution in [2.45, 2.75) is 41.5 Å². The second-order valence-electron chi connectivity index (χ2n) is 15.8. The monoisotopic (exact) mass is 766 g/mol. The highest BCUT2D eigenvalue weighted by molar-refractivity contribution is 6.34. The van der Waals surface area contributed by atoms with Crippen LogP contribution < -0.4 is 22.1 Å². The number of nitrogens with two attached hydrogens (primary N) is 2. The maximum atomic E-state index is 14.1. The molecule has 290 valence electrons. The van der Waals surface area contributed by atoms with Crippen molar-refractivity contribution < 1.29 is 19.8 Å². The van der Waals surface area contributed by atoms with Gasteiger partial charge in [-0.2, -0.15) is 0 Å². The summed E-state index contributed by atoms with van der Waals surface area (Å²) in [6.45, 7) is 11.9. The Kier molecular flexibility index (Phi) is 9.44. The Balaban J connectivity index is 1.30. The number of carbonyl (C=O) groups excluding carboxylic acids is 2. The summed E-state index contributed by atoms with van der Waals surface area (Å²) in [6, 6.07) is 31.1. The summed E-state index contributed by atoms with van der Waals surface area (Å²) in [4.78, 5) is 28.2. The number of fused-ring (bicyclic) bond motifs is 4. The molecule has 0 fully saturated rings. The molecule has 0 aliphatic heterocycles. The number of carbonyl (C=O) groups is 2. The van der Waals surface area contributed by atoms with E-state index < -0.39 is 11.6 Å². The van der Waals surface area contributed by atoms with Crippen LogP contribution in [0.2, 0.25) is 0 Å². The van der Waals surface area contributed by atoms with Crippen molar-refractivity contribution in [1.82, 2.24) is 0 Å². The minimum Gasteiger partial charge on any atom is -0.504 e. The highest BCUT2D eigenvalue weighted by Crippen LogP contribution is 2.46. The minimum absolute atomic E-state index is 0.132. The molecule has 8 heteroatoms. The molecular weight excluding hydrogens is 721 g/mol. The molecule has 0 aromatic heterocycles. The number of rotatable bonds is 7. The fraction of sp³-hybridized carbons (Fsp3) is 0.160. The zero-order chi connectivity index (χ0) is 41.2. The summed E-state index contributed by atoms with van der Waals surface area (Å²) in [7, 11) is 0. The number of aliphatic hydroxyl groups is 2. The van der Waals surface area contributed by atoms with Crippen molar-refractivity contribution >= 4 is 78.2 Å². The van der Waals surface area contributed by atoms with Gasteiger partial charge >= 0.3 is 0 Å². The van der Waals surface area contributed by atoms with Crippen LogP contribution in [0.25, 0.3) is 55.0 Å². The quantitative estimate of drug-likeness (QED) is 0.0694. The summed E-state index contributed by atoms with van der Waals surface area (Å²) in [5.41, 5.74) is 23.7. The number of anilines is 4. The van der Waals surface area contributed by atoms with Crippen LogP contribution in [-0.4, -0.2) is 21.8 Å². The smallest absolute Gasteiger partial charge is 0.229 e. The maximum absolute atomic E-state index is 14.1. The standard InChI is InChI=1S/C50H46N4O4/c1-25(2)45-37-19-27(5)33(21-35(37)39(47(55)49(45)57)23-53-43-17-9-11-29-31(43)13-7-15-41(29)51)34-22-36-38(20-28(34)6)46(26(3)4)50(58)48(56)40(36)24-54-44-18-10-12-30-32(44)14-8-16-42(30)52/h7-26,53-54,57-58H,51-52H2,1-6H3. The van der Waals surface area contributed by atoms with Gasteiger partial charge < -0.3 is 32.3 Å². The van der Waals surface area contributed by atoms with Gasteiger partial charge in [-0.1, -0.05) is 88.4 Å². The van der Waals surface area contributed by atoms with Crippen molar-refractivity contribution in [3.05, 3.63) is 154 Å². The van der Waals surface area contributed by atoms with E-state index in [1.54, 1.807) is 12.4 Å². The molecule has 6 aromatic carbocycles. The second kappa shape index (κ2) is 14.5. The molecule has 0 saturated carbocycles.